The molecule has 1 heterocycles. The van der Waals surface area contributed by atoms with Crippen LogP contribution in [-0.4, -0.2) is 43.9 Å². The average Bonchev–Trinajstić information content (AvgIpc) is 2.74. The van der Waals surface area contributed by atoms with Crippen LogP contribution in [-0.2, 0) is 16.4 Å². The maximum Gasteiger partial charge on any atom is 0.227 e. The van der Waals surface area contributed by atoms with Crippen molar-refractivity contribution in [2.45, 2.75) is 33.1 Å². The summed E-state index contributed by atoms with van der Waals surface area (Å²) in [6.45, 7) is 5.80. The summed E-state index contributed by atoms with van der Waals surface area (Å²) in [5.74, 6) is 1.16. The Labute approximate surface area is 114 Å². The lowest BCUT2D eigenvalue weighted by Gasteiger charge is -2.05. The first-order valence-corrected chi connectivity index (χ1v) is 8.16. The minimum atomic E-state index is -3.20. The van der Waals surface area contributed by atoms with E-state index in [1.54, 1.807) is 6.92 Å². The average molecular weight is 290 g/mol. The highest BCUT2D eigenvalue weighted by atomic mass is 32.2. The highest BCUT2D eigenvalue weighted by molar-refractivity contribution is 7.89. The highest BCUT2D eigenvalue weighted by Gasteiger charge is 2.10. The van der Waals surface area contributed by atoms with Gasteiger partial charge in [-0.15, -0.1) is 0 Å². The summed E-state index contributed by atoms with van der Waals surface area (Å²) < 4.78 is 30.8. The minimum Gasteiger partial charge on any atom is -0.339 e. The molecular formula is C11H22N4O3S. The van der Waals surface area contributed by atoms with Gasteiger partial charge in [0.25, 0.3) is 0 Å². The number of rotatable bonds is 10. The van der Waals surface area contributed by atoms with Crippen LogP contribution >= 0.6 is 0 Å². The Morgan fingerprint density at radius 1 is 1.26 bits per heavy atom. The lowest BCUT2D eigenvalue weighted by Crippen LogP contribution is -2.28. The van der Waals surface area contributed by atoms with Crippen molar-refractivity contribution in [3.05, 3.63) is 11.7 Å². The molecule has 7 nitrogen and oxygen atoms in total. The number of nitrogens with zero attached hydrogens (tertiary/aromatic N) is 2. The lowest BCUT2D eigenvalue weighted by atomic mass is 10.3. The first-order valence-electron chi connectivity index (χ1n) is 6.50. The SMILES string of the molecule is CCNCCCCS(=O)(=O)NCCc1nc(C)no1. The van der Waals surface area contributed by atoms with Gasteiger partial charge in [-0.25, -0.2) is 13.1 Å². The van der Waals surface area contributed by atoms with Gasteiger partial charge in [-0.1, -0.05) is 12.1 Å². The molecule has 1 aromatic rings. The molecule has 0 spiro atoms. The van der Waals surface area contributed by atoms with Crippen LogP contribution in [0, 0.1) is 6.92 Å². The van der Waals surface area contributed by atoms with Gasteiger partial charge >= 0.3 is 0 Å². The van der Waals surface area contributed by atoms with Crippen molar-refractivity contribution in [2.75, 3.05) is 25.4 Å². The third-order valence-corrected chi connectivity index (χ3v) is 3.97. The molecule has 0 saturated carbocycles. The fourth-order valence-electron chi connectivity index (χ4n) is 1.55. The molecule has 2 N–H and O–H groups in total. The molecule has 0 unspecified atom stereocenters. The van der Waals surface area contributed by atoms with Gasteiger partial charge in [0.15, 0.2) is 5.82 Å². The van der Waals surface area contributed by atoms with Crippen LogP contribution in [0.2, 0.25) is 0 Å². The first kappa shape index (κ1) is 16.1. The van der Waals surface area contributed by atoms with Gasteiger partial charge in [-0.3, -0.25) is 0 Å². The van der Waals surface area contributed by atoms with Crippen LogP contribution in [0.5, 0.6) is 0 Å². The van der Waals surface area contributed by atoms with E-state index in [4.69, 9.17) is 4.52 Å². The fourth-order valence-corrected chi connectivity index (χ4v) is 2.69. The number of aryl methyl sites for hydroxylation is 1. The van der Waals surface area contributed by atoms with Gasteiger partial charge in [0.1, 0.15) is 0 Å². The first-order chi connectivity index (χ1) is 9.03. The van der Waals surface area contributed by atoms with E-state index in [1.807, 2.05) is 6.92 Å². The molecule has 8 heteroatoms. The van der Waals surface area contributed by atoms with Crippen molar-refractivity contribution in [2.24, 2.45) is 0 Å². The molecule has 1 rings (SSSR count). The predicted octanol–water partition coefficient (Wildman–Crippen LogP) is 0.230. The Balaban J connectivity index is 2.16. The molecule has 19 heavy (non-hydrogen) atoms. The summed E-state index contributed by atoms with van der Waals surface area (Å²) in [5, 5.41) is 6.80. The normalized spacial score (nSPS) is 11.9. The number of sulfonamides is 1. The molecular weight excluding hydrogens is 268 g/mol. The Bertz CT molecular complexity index is 458. The minimum absolute atomic E-state index is 0.154. The maximum absolute atomic E-state index is 11.7. The van der Waals surface area contributed by atoms with E-state index in [0.29, 0.717) is 24.6 Å². The molecule has 0 aliphatic rings. The van der Waals surface area contributed by atoms with Crippen molar-refractivity contribution < 1.29 is 12.9 Å². The number of unbranched alkanes of at least 4 members (excludes halogenated alkanes) is 1. The molecule has 0 fully saturated rings. The van der Waals surface area contributed by atoms with Crippen molar-refractivity contribution in [1.82, 2.24) is 20.2 Å². The van der Waals surface area contributed by atoms with Crippen LogP contribution in [0.1, 0.15) is 31.5 Å². The zero-order chi connectivity index (χ0) is 14.1. The maximum atomic E-state index is 11.7. The Kier molecular flexibility index (Phi) is 6.96. The van der Waals surface area contributed by atoms with E-state index in [1.165, 1.54) is 0 Å². The largest absolute Gasteiger partial charge is 0.339 e. The summed E-state index contributed by atoms with van der Waals surface area (Å²) >= 11 is 0. The van der Waals surface area contributed by atoms with Crippen molar-refractivity contribution in [3.63, 3.8) is 0 Å². The van der Waals surface area contributed by atoms with Crippen LogP contribution in [0.25, 0.3) is 0 Å². The Morgan fingerprint density at radius 2 is 2.05 bits per heavy atom. The number of hydrogen-bond acceptors (Lipinski definition) is 6. The van der Waals surface area contributed by atoms with Gasteiger partial charge in [0.05, 0.1) is 5.75 Å². The fraction of sp³-hybridized carbons (Fsp3) is 0.818. The van der Waals surface area contributed by atoms with Crippen molar-refractivity contribution in [3.8, 4) is 0 Å². The van der Waals surface area contributed by atoms with E-state index in [2.05, 4.69) is 20.2 Å². The molecule has 0 aliphatic heterocycles. The van der Waals surface area contributed by atoms with E-state index >= 15 is 0 Å². The zero-order valence-corrected chi connectivity index (χ0v) is 12.3. The van der Waals surface area contributed by atoms with E-state index in [0.717, 1.165) is 19.5 Å². The summed E-state index contributed by atoms with van der Waals surface area (Å²) in [5.41, 5.74) is 0. The van der Waals surface area contributed by atoms with E-state index in [9.17, 15) is 8.42 Å². The molecule has 0 saturated heterocycles. The summed E-state index contributed by atoms with van der Waals surface area (Å²) in [7, 11) is -3.20. The smallest absolute Gasteiger partial charge is 0.227 e. The molecule has 1 aromatic heterocycles. The van der Waals surface area contributed by atoms with Crippen LogP contribution < -0.4 is 10.0 Å². The van der Waals surface area contributed by atoms with Crippen LogP contribution in [0.15, 0.2) is 4.52 Å². The van der Waals surface area contributed by atoms with Crippen LogP contribution in [0.4, 0.5) is 0 Å². The van der Waals surface area contributed by atoms with Gasteiger partial charge in [0.2, 0.25) is 15.9 Å². The highest BCUT2D eigenvalue weighted by Crippen LogP contribution is 1.98. The number of nitrogens with one attached hydrogen (secondary N) is 2. The molecule has 0 radical (unpaired) electrons. The second-order valence-electron chi connectivity index (χ2n) is 4.26. The second kappa shape index (κ2) is 8.23. The monoisotopic (exact) mass is 290 g/mol. The standard InChI is InChI=1S/C11H22N4O3S/c1-3-12-7-4-5-9-19(16,17)13-8-6-11-14-10(2)15-18-11/h12-13H,3-9H2,1-2H3. The van der Waals surface area contributed by atoms with Crippen molar-refractivity contribution >= 4 is 10.0 Å². The van der Waals surface area contributed by atoms with Gasteiger partial charge < -0.3 is 9.84 Å². The van der Waals surface area contributed by atoms with Crippen LogP contribution in [0.3, 0.4) is 0 Å². The lowest BCUT2D eigenvalue weighted by molar-refractivity contribution is 0.375. The topological polar surface area (TPSA) is 97.1 Å². The van der Waals surface area contributed by atoms with E-state index in [-0.39, 0.29) is 12.3 Å². The van der Waals surface area contributed by atoms with Gasteiger partial charge in [0, 0.05) is 13.0 Å². The summed E-state index contributed by atoms with van der Waals surface area (Å²) in [6.07, 6.45) is 1.93. The van der Waals surface area contributed by atoms with E-state index < -0.39 is 10.0 Å². The Hall–Kier alpha value is -0.990. The molecule has 0 aliphatic carbocycles. The third-order valence-electron chi connectivity index (χ3n) is 2.50. The van der Waals surface area contributed by atoms with Crippen molar-refractivity contribution in [1.29, 1.82) is 0 Å². The predicted molar refractivity (Wildman–Crippen MR) is 72.3 cm³/mol. The summed E-state index contributed by atoms with van der Waals surface area (Å²) in [4.78, 5) is 4.01. The number of hydrogen-bond donors (Lipinski definition) is 2. The summed E-state index contributed by atoms with van der Waals surface area (Å²) in [6, 6.07) is 0. The third kappa shape index (κ3) is 7.24. The molecule has 0 atom stereocenters. The molecule has 0 bridgehead atoms. The zero-order valence-electron chi connectivity index (χ0n) is 11.5. The second-order valence-corrected chi connectivity index (χ2v) is 6.19. The molecule has 0 aromatic carbocycles. The molecule has 0 amide bonds. The Morgan fingerprint density at radius 3 is 2.68 bits per heavy atom. The molecule has 110 valence electrons. The number of aromatic nitrogens is 2. The van der Waals surface area contributed by atoms with Gasteiger partial charge in [-0.05, 0) is 32.9 Å². The van der Waals surface area contributed by atoms with Gasteiger partial charge in [-0.2, -0.15) is 4.98 Å². The quantitative estimate of drug-likeness (QED) is 0.599.